The Labute approximate surface area is 135 Å². The van der Waals surface area contributed by atoms with Crippen LogP contribution in [0.1, 0.15) is 16.1 Å². The molecule has 1 aromatic heterocycles. The topological polar surface area (TPSA) is 111 Å². The molecule has 0 fully saturated rings. The van der Waals surface area contributed by atoms with Crippen LogP contribution in [0, 0.1) is 17.0 Å². The summed E-state index contributed by atoms with van der Waals surface area (Å²) in [5, 5.41) is 16.3. The molecule has 23 heavy (non-hydrogen) atoms. The summed E-state index contributed by atoms with van der Waals surface area (Å²) in [5.74, 6) is -0.0552. The van der Waals surface area contributed by atoms with Crippen molar-refractivity contribution < 1.29 is 14.2 Å². The lowest BCUT2D eigenvalue weighted by molar-refractivity contribution is -0.475. The van der Waals surface area contributed by atoms with Crippen LogP contribution in [0.2, 0.25) is 0 Å². The standard InChI is InChI=1S/C14H12N4O4S/c1-8-11(12(17-22-8)9-5-3-2-4-6-9)13(19)16-14-15-7-10(23-14)18(20)21/h2-7,10,14H,1H3,(H,16,19)/t10-,14-/m1/s1. The fraction of sp³-hybridized carbons (Fsp3) is 0.214. The molecule has 1 amide bonds. The van der Waals surface area contributed by atoms with E-state index < -0.39 is 21.7 Å². The molecule has 2 atom stereocenters. The quantitative estimate of drug-likeness (QED) is 0.678. The molecule has 8 nitrogen and oxygen atoms in total. The third kappa shape index (κ3) is 3.09. The zero-order chi connectivity index (χ0) is 16.4. The molecule has 118 valence electrons. The van der Waals surface area contributed by atoms with Gasteiger partial charge >= 0.3 is 0 Å². The Morgan fingerprint density at radius 1 is 1.39 bits per heavy atom. The van der Waals surface area contributed by atoms with Gasteiger partial charge in [0.15, 0.2) is 5.50 Å². The van der Waals surface area contributed by atoms with E-state index in [0.29, 0.717) is 17.0 Å². The van der Waals surface area contributed by atoms with Gasteiger partial charge in [-0.25, -0.2) is 0 Å². The summed E-state index contributed by atoms with van der Waals surface area (Å²) in [6.07, 6.45) is 1.22. The number of carbonyl (C=O) groups excluding carboxylic acids is 1. The summed E-state index contributed by atoms with van der Waals surface area (Å²) in [5.41, 5.74) is 0.783. The Hall–Kier alpha value is -2.68. The predicted octanol–water partition coefficient (Wildman–Crippen LogP) is 2.08. The maximum Gasteiger partial charge on any atom is 0.296 e. The van der Waals surface area contributed by atoms with Crippen molar-refractivity contribution in [1.29, 1.82) is 0 Å². The lowest BCUT2D eigenvalue weighted by Gasteiger charge is -2.09. The second kappa shape index (κ2) is 6.21. The first kappa shape index (κ1) is 15.2. The van der Waals surface area contributed by atoms with Crippen molar-refractivity contribution >= 4 is 23.9 Å². The number of aryl methyl sites for hydroxylation is 1. The molecule has 1 aliphatic rings. The number of amides is 1. The van der Waals surface area contributed by atoms with E-state index in [2.05, 4.69) is 15.5 Å². The highest BCUT2D eigenvalue weighted by Crippen LogP contribution is 2.27. The number of hydrogen-bond donors (Lipinski definition) is 1. The third-order valence-corrected chi connectivity index (χ3v) is 4.29. The maximum atomic E-state index is 12.5. The number of hydrogen-bond acceptors (Lipinski definition) is 7. The van der Waals surface area contributed by atoms with Gasteiger partial charge in [0.2, 0.25) is 0 Å². The first-order valence-corrected chi connectivity index (χ1v) is 7.65. The number of aliphatic imine (C=N–C) groups is 1. The van der Waals surface area contributed by atoms with E-state index in [1.807, 2.05) is 30.3 Å². The number of nitro groups is 1. The van der Waals surface area contributed by atoms with Crippen molar-refractivity contribution in [1.82, 2.24) is 10.5 Å². The molecule has 9 heteroatoms. The van der Waals surface area contributed by atoms with Gasteiger partial charge in [0.1, 0.15) is 17.0 Å². The van der Waals surface area contributed by atoms with Gasteiger partial charge in [0, 0.05) is 10.5 Å². The van der Waals surface area contributed by atoms with Gasteiger partial charge in [-0.2, -0.15) is 0 Å². The molecular weight excluding hydrogens is 320 g/mol. The van der Waals surface area contributed by atoms with Crippen LogP contribution >= 0.6 is 11.8 Å². The molecule has 0 unspecified atom stereocenters. The normalized spacial score (nSPS) is 19.7. The number of rotatable bonds is 4. The van der Waals surface area contributed by atoms with Crippen LogP contribution in [0.4, 0.5) is 0 Å². The molecule has 0 aliphatic carbocycles. The van der Waals surface area contributed by atoms with Gasteiger partial charge in [0.05, 0.1) is 6.21 Å². The number of aromatic nitrogens is 1. The minimum atomic E-state index is -0.947. The van der Waals surface area contributed by atoms with Crippen LogP contribution < -0.4 is 5.32 Å². The smallest absolute Gasteiger partial charge is 0.296 e. The maximum absolute atomic E-state index is 12.5. The van der Waals surface area contributed by atoms with Crippen LogP contribution in [0.15, 0.2) is 39.8 Å². The summed E-state index contributed by atoms with van der Waals surface area (Å²) in [7, 11) is 0. The third-order valence-electron chi connectivity index (χ3n) is 3.22. The Morgan fingerprint density at radius 2 is 2.13 bits per heavy atom. The van der Waals surface area contributed by atoms with Gasteiger partial charge in [-0.1, -0.05) is 35.5 Å². The van der Waals surface area contributed by atoms with Crippen molar-refractivity contribution in [2.24, 2.45) is 4.99 Å². The summed E-state index contributed by atoms with van der Waals surface area (Å²) >= 11 is 0.948. The molecule has 3 rings (SSSR count). The van der Waals surface area contributed by atoms with E-state index in [4.69, 9.17) is 4.52 Å². The van der Waals surface area contributed by atoms with Crippen molar-refractivity contribution in [3.8, 4) is 11.3 Å². The van der Waals surface area contributed by atoms with E-state index in [1.54, 1.807) is 6.92 Å². The molecule has 0 saturated heterocycles. The second-order valence-corrected chi connectivity index (χ2v) is 5.97. The Balaban J connectivity index is 1.80. The lowest BCUT2D eigenvalue weighted by atomic mass is 10.1. The molecule has 0 radical (unpaired) electrons. The molecule has 1 aromatic carbocycles. The lowest BCUT2D eigenvalue weighted by Crippen LogP contribution is -2.31. The van der Waals surface area contributed by atoms with E-state index >= 15 is 0 Å². The van der Waals surface area contributed by atoms with Crippen molar-refractivity contribution in [3.63, 3.8) is 0 Å². The van der Waals surface area contributed by atoms with Gasteiger partial charge in [-0.05, 0) is 18.7 Å². The van der Waals surface area contributed by atoms with E-state index in [0.717, 1.165) is 17.3 Å². The monoisotopic (exact) mass is 332 g/mol. The largest absolute Gasteiger partial charge is 0.360 e. The van der Waals surface area contributed by atoms with Gasteiger partial charge in [-0.15, -0.1) is 0 Å². The van der Waals surface area contributed by atoms with Crippen LogP contribution in [-0.4, -0.2) is 33.1 Å². The van der Waals surface area contributed by atoms with Crippen LogP contribution in [-0.2, 0) is 0 Å². The highest BCUT2D eigenvalue weighted by atomic mass is 32.2. The summed E-state index contributed by atoms with van der Waals surface area (Å²) in [4.78, 5) is 26.7. The molecule has 2 heterocycles. The Bertz CT molecular complexity index is 774. The van der Waals surface area contributed by atoms with Crippen LogP contribution in [0.25, 0.3) is 11.3 Å². The van der Waals surface area contributed by atoms with Crippen molar-refractivity contribution in [2.45, 2.75) is 17.8 Å². The molecular formula is C14H12N4O4S. The van der Waals surface area contributed by atoms with E-state index in [-0.39, 0.29) is 0 Å². The fourth-order valence-corrected chi connectivity index (χ4v) is 2.97. The first-order chi connectivity index (χ1) is 11.1. The minimum absolute atomic E-state index is 0.302. The summed E-state index contributed by atoms with van der Waals surface area (Å²) in [6, 6.07) is 9.16. The summed E-state index contributed by atoms with van der Waals surface area (Å²) < 4.78 is 5.13. The zero-order valence-corrected chi connectivity index (χ0v) is 12.8. The number of carbonyl (C=O) groups is 1. The Kier molecular flexibility index (Phi) is 4.11. The van der Waals surface area contributed by atoms with Gasteiger partial charge in [-0.3, -0.25) is 19.9 Å². The average Bonchev–Trinajstić information content (AvgIpc) is 3.15. The highest BCUT2D eigenvalue weighted by molar-refractivity contribution is 8.01. The first-order valence-electron chi connectivity index (χ1n) is 6.71. The minimum Gasteiger partial charge on any atom is -0.360 e. The Morgan fingerprint density at radius 3 is 2.78 bits per heavy atom. The number of nitrogens with one attached hydrogen (secondary N) is 1. The SMILES string of the molecule is Cc1onc(-c2ccccc2)c1C(=O)N[C@H]1N=C[C@H]([N+](=O)[O-])S1. The molecule has 0 spiro atoms. The van der Waals surface area contributed by atoms with Crippen LogP contribution in [0.5, 0.6) is 0 Å². The zero-order valence-electron chi connectivity index (χ0n) is 12.0. The average molecular weight is 332 g/mol. The molecule has 2 aromatic rings. The summed E-state index contributed by atoms with van der Waals surface area (Å²) in [6.45, 7) is 1.64. The van der Waals surface area contributed by atoms with Gasteiger partial charge in [0.25, 0.3) is 11.3 Å². The predicted molar refractivity (Wildman–Crippen MR) is 84.8 cm³/mol. The fourth-order valence-electron chi connectivity index (χ4n) is 2.15. The van der Waals surface area contributed by atoms with Crippen molar-refractivity contribution in [2.75, 3.05) is 0 Å². The van der Waals surface area contributed by atoms with E-state index in [1.165, 1.54) is 6.21 Å². The van der Waals surface area contributed by atoms with Gasteiger partial charge < -0.3 is 9.84 Å². The number of thioether (sulfide) groups is 1. The van der Waals surface area contributed by atoms with Crippen molar-refractivity contribution in [3.05, 3.63) is 51.8 Å². The molecule has 1 N–H and O–H groups in total. The second-order valence-electron chi connectivity index (χ2n) is 4.76. The number of nitrogens with zero attached hydrogens (tertiary/aromatic N) is 3. The van der Waals surface area contributed by atoms with Crippen LogP contribution in [0.3, 0.4) is 0 Å². The molecule has 0 bridgehead atoms. The molecule has 0 saturated carbocycles. The van der Waals surface area contributed by atoms with E-state index in [9.17, 15) is 14.9 Å². The molecule has 1 aliphatic heterocycles. The highest BCUT2D eigenvalue weighted by Gasteiger charge is 2.32. The number of benzene rings is 1.